The normalized spacial score (nSPS) is 16.0. The first kappa shape index (κ1) is 72.3. The lowest BCUT2D eigenvalue weighted by molar-refractivity contribution is 0.00578. The fourth-order valence-electron chi connectivity index (χ4n) is 18.5. The summed E-state index contributed by atoms with van der Waals surface area (Å²) in [6, 6.07) is 92.3. The van der Waals surface area contributed by atoms with Gasteiger partial charge in [-0.3, -0.25) is 0 Å². The van der Waals surface area contributed by atoms with Gasteiger partial charge in [-0.1, -0.05) is 298 Å². The average Bonchev–Trinajstić information content (AvgIpc) is 0.850. The van der Waals surface area contributed by atoms with Crippen molar-refractivity contribution in [3.8, 4) is 22.3 Å². The van der Waals surface area contributed by atoms with Crippen molar-refractivity contribution in [1.29, 1.82) is 0 Å². The van der Waals surface area contributed by atoms with E-state index < -0.39 is 0 Å². The fraction of sp³-hybridized carbons (Fsp3) is 0.238. The SMILES string of the molecule is C.CC(C)(C)c1cc2ccc3ccc(-c4cc5ccc6cc(-c7ccc8ccc9cc(C(C)(C)C)cc%10ccc7c8c9%10)cc7ccc(c4)c5c67)c4ccc(c1)c2c34.CC(C)(C)c1cc2ccc3ccc(Br)c4ccc(c1)c2c34.CC1(C)OB(c2cc3ccc4cc(B5OC(C)(C)C(C)(C)O5)cc5ccc(c2)c3c45)OC1(C)C. The highest BCUT2D eigenvalue weighted by Gasteiger charge is 2.53. The summed E-state index contributed by atoms with van der Waals surface area (Å²) >= 11 is 3.69. The highest BCUT2D eigenvalue weighted by atomic mass is 79.9. The van der Waals surface area contributed by atoms with Gasteiger partial charge in [-0.2, -0.15) is 0 Å². The third-order valence-electron chi connectivity index (χ3n) is 26.1. The molecule has 0 amide bonds. The van der Waals surface area contributed by atoms with E-state index in [0.29, 0.717) is 0 Å². The lowest BCUT2D eigenvalue weighted by Crippen LogP contribution is -2.41. The van der Waals surface area contributed by atoms with E-state index in [1.54, 1.807) is 0 Å². The van der Waals surface area contributed by atoms with Crippen LogP contribution < -0.4 is 10.9 Å². The zero-order valence-electron chi connectivity index (χ0n) is 66.8. The number of hydrogen-bond donors (Lipinski definition) is 0. The number of halogens is 1. The van der Waals surface area contributed by atoms with Crippen molar-refractivity contribution in [1.82, 2.24) is 0 Å². The van der Waals surface area contributed by atoms with Crippen LogP contribution in [-0.2, 0) is 34.9 Å². The summed E-state index contributed by atoms with van der Waals surface area (Å²) in [6.07, 6.45) is 0. The van der Waals surface area contributed by atoms with Crippen LogP contribution in [0.25, 0.3) is 184 Å². The molecule has 22 rings (SSSR count). The Bertz CT molecular complexity index is 6670. The van der Waals surface area contributed by atoms with Crippen molar-refractivity contribution in [3.63, 3.8) is 0 Å². The van der Waals surface area contributed by atoms with Crippen LogP contribution in [0.2, 0.25) is 0 Å². The molecule has 2 aliphatic rings. The van der Waals surface area contributed by atoms with Crippen LogP contribution in [0.5, 0.6) is 0 Å². The molecule has 20 aromatic rings. The number of rotatable bonds is 4. The van der Waals surface area contributed by atoms with Crippen LogP contribution in [0, 0.1) is 0 Å². The summed E-state index contributed by atoms with van der Waals surface area (Å²) in [4.78, 5) is 0. The molecule has 112 heavy (non-hydrogen) atoms. The topological polar surface area (TPSA) is 36.9 Å². The highest BCUT2D eigenvalue weighted by Crippen LogP contribution is 2.49. The Morgan fingerprint density at radius 2 is 0.429 bits per heavy atom. The molecule has 2 heterocycles. The Labute approximate surface area is 666 Å². The summed E-state index contributed by atoms with van der Waals surface area (Å²) in [5.74, 6) is 0. The van der Waals surface area contributed by atoms with E-state index in [2.05, 4.69) is 376 Å². The maximum atomic E-state index is 6.33. The first-order valence-corrected chi connectivity index (χ1v) is 40.5. The van der Waals surface area contributed by atoms with Gasteiger partial charge in [0.25, 0.3) is 0 Å². The Morgan fingerprint density at radius 1 is 0.232 bits per heavy atom. The van der Waals surface area contributed by atoms with Gasteiger partial charge in [0.1, 0.15) is 0 Å². The molecule has 7 heteroatoms. The lowest BCUT2D eigenvalue weighted by atomic mass is 9.75. The molecule has 4 nitrogen and oxygen atoms in total. The summed E-state index contributed by atoms with van der Waals surface area (Å²) in [5, 5.41) is 39.3. The molecule has 2 saturated heterocycles. The van der Waals surface area contributed by atoms with Gasteiger partial charge in [-0.15, -0.1) is 0 Å². The summed E-state index contributed by atoms with van der Waals surface area (Å²) in [5.41, 5.74) is 10.3. The van der Waals surface area contributed by atoms with Gasteiger partial charge in [-0.05, 0) is 313 Å². The molecule has 0 radical (unpaired) electrons. The van der Waals surface area contributed by atoms with Crippen LogP contribution in [0.4, 0.5) is 0 Å². The predicted molar refractivity (Wildman–Crippen MR) is 491 cm³/mol. The predicted octanol–water partition coefficient (Wildman–Crippen LogP) is 28.8. The summed E-state index contributed by atoms with van der Waals surface area (Å²) in [6.45, 7) is 37.4. The molecular formula is C105H95B2BrO4. The quantitative estimate of drug-likeness (QED) is 0.130. The van der Waals surface area contributed by atoms with Gasteiger partial charge in [0, 0.05) is 4.47 Å². The van der Waals surface area contributed by atoms with E-state index in [-0.39, 0.29) is 60.3 Å². The molecule has 0 atom stereocenters. The minimum atomic E-state index is -0.373. The van der Waals surface area contributed by atoms with E-state index in [4.69, 9.17) is 18.6 Å². The molecule has 0 N–H and O–H groups in total. The molecule has 0 unspecified atom stereocenters. The molecular weight excluding hydrogens is 1430 g/mol. The molecule has 0 saturated carbocycles. The standard InChI is InChI=1S/C56H42.C28H32B2O4.C20H17Br.CH4/c1-55(2,3)43-27-37-9-7-31-15-19-45(47-21-17-39(29-43)51(37)53(31)47)41-23-33-11-13-35-25-42(26-36-14-12-34(24-41)49(33)50(35)36)46-20-16-32-8-10-38-28-44(56(4,5)6)30-40-18-22-48(46)54(32)52(38)40;1-25(2)26(3,4)32-29(31-25)21-13-17-9-11-19-15-22(30-33-27(5,6)28(7,8)34-30)16-20-12-10-18(14-21)23(17)24(19)20;1-20(2,3)15-10-13-5-4-12-7-9-17(21)16-8-6-14(11-15)18(13)19(12)16;/h7-30H,1-6H3;9-16H,1-8H3;4-11H,1-3H3;1H4. The molecule has 0 aromatic heterocycles. The van der Waals surface area contributed by atoms with E-state index >= 15 is 0 Å². The van der Waals surface area contributed by atoms with Gasteiger partial charge in [0.2, 0.25) is 0 Å². The van der Waals surface area contributed by atoms with Gasteiger partial charge < -0.3 is 18.6 Å². The van der Waals surface area contributed by atoms with Crippen molar-refractivity contribution < 1.29 is 18.6 Å². The molecule has 552 valence electrons. The molecule has 2 aliphatic heterocycles. The largest absolute Gasteiger partial charge is 0.494 e. The maximum Gasteiger partial charge on any atom is 0.494 e. The van der Waals surface area contributed by atoms with Crippen molar-refractivity contribution in [2.45, 2.75) is 164 Å². The first-order chi connectivity index (χ1) is 52.7. The van der Waals surface area contributed by atoms with Crippen molar-refractivity contribution in [2.24, 2.45) is 0 Å². The Balaban J connectivity index is 0.000000127. The van der Waals surface area contributed by atoms with Gasteiger partial charge in [0.15, 0.2) is 0 Å². The summed E-state index contributed by atoms with van der Waals surface area (Å²) < 4.78 is 26.5. The van der Waals surface area contributed by atoms with E-state index in [0.717, 1.165) is 10.9 Å². The first-order valence-electron chi connectivity index (χ1n) is 39.7. The number of hydrogen-bond acceptors (Lipinski definition) is 4. The van der Waals surface area contributed by atoms with Gasteiger partial charge in [-0.25, -0.2) is 0 Å². The fourth-order valence-corrected chi connectivity index (χ4v) is 19.0. The molecule has 2 fully saturated rings. The minimum Gasteiger partial charge on any atom is -0.399 e. The Hall–Kier alpha value is -9.95. The second-order valence-electron chi connectivity index (χ2n) is 37.5. The van der Waals surface area contributed by atoms with Crippen molar-refractivity contribution in [2.75, 3.05) is 0 Å². The van der Waals surface area contributed by atoms with Crippen molar-refractivity contribution >= 4 is 203 Å². The van der Waals surface area contributed by atoms with Crippen LogP contribution in [0.3, 0.4) is 0 Å². The molecule has 0 spiro atoms. The van der Waals surface area contributed by atoms with Gasteiger partial charge >= 0.3 is 14.2 Å². The lowest BCUT2D eigenvalue weighted by Gasteiger charge is -2.32. The second-order valence-corrected chi connectivity index (χ2v) is 38.3. The Kier molecular flexibility index (Phi) is 16.0. The molecule has 0 aliphatic carbocycles. The molecule has 20 aromatic carbocycles. The van der Waals surface area contributed by atoms with Crippen LogP contribution in [-0.4, -0.2) is 36.6 Å². The van der Waals surface area contributed by atoms with Crippen LogP contribution in [0.1, 0.15) is 142 Å². The van der Waals surface area contributed by atoms with Crippen molar-refractivity contribution in [3.05, 3.63) is 264 Å². The zero-order chi connectivity index (χ0) is 76.9. The monoisotopic (exact) mass is 1520 g/mol. The van der Waals surface area contributed by atoms with E-state index in [1.807, 2.05) is 0 Å². The third-order valence-corrected chi connectivity index (χ3v) is 26.8. The summed E-state index contributed by atoms with van der Waals surface area (Å²) in [7, 11) is -0.746. The highest BCUT2D eigenvalue weighted by molar-refractivity contribution is 9.10. The van der Waals surface area contributed by atoms with Crippen LogP contribution in [0.15, 0.2) is 247 Å². The molecule has 0 bridgehead atoms. The second kappa shape index (κ2) is 24.8. The van der Waals surface area contributed by atoms with Gasteiger partial charge in [0.05, 0.1) is 22.4 Å². The van der Waals surface area contributed by atoms with Crippen LogP contribution >= 0.6 is 15.9 Å². The third kappa shape index (κ3) is 11.3. The van der Waals surface area contributed by atoms with E-state index in [9.17, 15) is 0 Å². The minimum absolute atomic E-state index is 0. The van der Waals surface area contributed by atoms with E-state index in [1.165, 1.54) is 205 Å². The smallest absolute Gasteiger partial charge is 0.399 e. The number of benzene rings is 20. The average molecular weight is 1520 g/mol. The zero-order valence-corrected chi connectivity index (χ0v) is 68.3. The Morgan fingerprint density at radius 3 is 0.696 bits per heavy atom. The maximum absolute atomic E-state index is 6.33.